The number of hydrogen-bond acceptors (Lipinski definition) is 5. The third-order valence-corrected chi connectivity index (χ3v) is 4.71. The van der Waals surface area contributed by atoms with E-state index in [4.69, 9.17) is 9.90 Å². The van der Waals surface area contributed by atoms with Crippen molar-refractivity contribution in [3.05, 3.63) is 35.4 Å². The Bertz CT molecular complexity index is 824. The summed E-state index contributed by atoms with van der Waals surface area (Å²) in [5.74, 6) is -1.21. The van der Waals surface area contributed by atoms with Crippen molar-refractivity contribution in [1.29, 1.82) is 0 Å². The average Bonchev–Trinajstić information content (AvgIpc) is 3.23. The van der Waals surface area contributed by atoms with Gasteiger partial charge in [-0.2, -0.15) is 0 Å². The highest BCUT2D eigenvalue weighted by Gasteiger charge is 2.36. The van der Waals surface area contributed by atoms with Gasteiger partial charge in [-0.3, -0.25) is 19.2 Å². The molecule has 1 aliphatic rings. The first-order valence-corrected chi connectivity index (χ1v) is 11.4. The number of carbonyl (C=O) groups excluding carboxylic acids is 4. The van der Waals surface area contributed by atoms with E-state index in [0.29, 0.717) is 24.9 Å². The van der Waals surface area contributed by atoms with Crippen molar-refractivity contribution in [2.24, 2.45) is 5.92 Å². The number of aliphatic carboxylic acids is 1. The smallest absolute Gasteiger partial charge is 0.305 e. The van der Waals surface area contributed by atoms with Crippen LogP contribution in [0.25, 0.3) is 0 Å². The van der Waals surface area contributed by atoms with Crippen LogP contribution in [-0.4, -0.2) is 65.2 Å². The third kappa shape index (κ3) is 11.1. The molecular formula is C25H39N3O6. The van der Waals surface area contributed by atoms with E-state index >= 15 is 0 Å². The number of carboxylic acids is 1. The van der Waals surface area contributed by atoms with Crippen molar-refractivity contribution >= 4 is 30.5 Å². The Morgan fingerprint density at radius 3 is 2.21 bits per heavy atom. The minimum absolute atomic E-state index is 0.185. The molecule has 0 radical (unpaired) electrons. The van der Waals surface area contributed by atoms with Crippen LogP contribution in [-0.2, 0) is 19.2 Å². The summed E-state index contributed by atoms with van der Waals surface area (Å²) in [6.07, 6.45) is 1.00. The highest BCUT2D eigenvalue weighted by Crippen LogP contribution is 2.19. The van der Waals surface area contributed by atoms with E-state index in [0.717, 1.165) is 11.5 Å². The molecule has 2 unspecified atom stereocenters. The van der Waals surface area contributed by atoms with Gasteiger partial charge in [0.1, 0.15) is 18.9 Å². The molecule has 0 aliphatic carbocycles. The number of rotatable bonds is 7. The average molecular weight is 478 g/mol. The predicted molar refractivity (Wildman–Crippen MR) is 130 cm³/mol. The minimum atomic E-state index is -1.00. The molecule has 1 heterocycles. The second kappa shape index (κ2) is 15.6. The first-order valence-electron chi connectivity index (χ1n) is 11.4. The van der Waals surface area contributed by atoms with Crippen molar-refractivity contribution in [1.82, 2.24) is 15.5 Å². The summed E-state index contributed by atoms with van der Waals surface area (Å²) in [5.41, 5.74) is 1.41. The first-order chi connectivity index (χ1) is 15.9. The van der Waals surface area contributed by atoms with Crippen LogP contribution in [0, 0.1) is 12.8 Å². The normalized spacial score (nSPS) is 16.2. The van der Waals surface area contributed by atoms with E-state index in [1.807, 2.05) is 19.8 Å². The van der Waals surface area contributed by atoms with Gasteiger partial charge < -0.3 is 25.4 Å². The summed E-state index contributed by atoms with van der Waals surface area (Å²) in [6.45, 7) is 14.0. The number of hydrogen-bond donors (Lipinski definition) is 3. The number of aryl methyl sites for hydroxylation is 1. The highest BCUT2D eigenvalue weighted by molar-refractivity contribution is 5.98. The topological polar surface area (TPSA) is 133 Å². The van der Waals surface area contributed by atoms with E-state index < -0.39 is 24.1 Å². The maximum Gasteiger partial charge on any atom is 0.305 e. The van der Waals surface area contributed by atoms with Gasteiger partial charge in [0.05, 0.1) is 6.42 Å². The van der Waals surface area contributed by atoms with Crippen molar-refractivity contribution in [3.8, 4) is 0 Å². The zero-order valence-electron chi connectivity index (χ0n) is 21.1. The molecule has 3 atom stereocenters. The van der Waals surface area contributed by atoms with Gasteiger partial charge in [-0.25, -0.2) is 0 Å². The summed E-state index contributed by atoms with van der Waals surface area (Å²) in [7, 11) is 0. The van der Waals surface area contributed by atoms with Crippen LogP contribution < -0.4 is 10.6 Å². The molecule has 0 saturated carbocycles. The van der Waals surface area contributed by atoms with E-state index in [2.05, 4.69) is 31.4 Å². The Hall–Kier alpha value is -3.23. The Balaban J connectivity index is 0.00000164. The van der Waals surface area contributed by atoms with E-state index in [-0.39, 0.29) is 24.1 Å². The Morgan fingerprint density at radius 2 is 1.68 bits per heavy atom. The van der Waals surface area contributed by atoms with Crippen LogP contribution in [0.3, 0.4) is 0 Å². The molecule has 3 amide bonds. The van der Waals surface area contributed by atoms with Gasteiger partial charge in [0.25, 0.3) is 5.91 Å². The van der Waals surface area contributed by atoms with E-state index in [1.165, 1.54) is 4.90 Å². The lowest BCUT2D eigenvalue weighted by Crippen LogP contribution is -2.53. The number of carboxylic acid groups (broad SMARTS) is 1. The minimum Gasteiger partial charge on any atom is -0.481 e. The van der Waals surface area contributed by atoms with Crippen molar-refractivity contribution in [2.45, 2.75) is 78.9 Å². The largest absolute Gasteiger partial charge is 0.481 e. The Morgan fingerprint density at radius 1 is 1.09 bits per heavy atom. The maximum absolute atomic E-state index is 12.8. The molecule has 34 heavy (non-hydrogen) atoms. The SMILES string of the molecule is C=O.CC(C)C.Cc1cccc(C(=O)NC(C)C(=O)N2CCCC2C(=O)N[C@H](C)CC(=O)O)c1. The quantitative estimate of drug-likeness (QED) is 0.553. The van der Waals surface area contributed by atoms with E-state index in [9.17, 15) is 19.2 Å². The van der Waals surface area contributed by atoms with Crippen LogP contribution in [0.1, 0.15) is 69.8 Å². The summed E-state index contributed by atoms with van der Waals surface area (Å²) in [6, 6.07) is 5.11. The van der Waals surface area contributed by atoms with Crippen molar-refractivity contribution in [2.75, 3.05) is 6.54 Å². The number of likely N-dealkylation sites (tertiary alicyclic amines) is 1. The molecule has 1 saturated heterocycles. The molecule has 1 aromatic carbocycles. The van der Waals surface area contributed by atoms with Gasteiger partial charge in [0, 0.05) is 18.2 Å². The second-order valence-electron chi connectivity index (χ2n) is 8.99. The zero-order valence-corrected chi connectivity index (χ0v) is 21.1. The lowest BCUT2D eigenvalue weighted by Gasteiger charge is -2.28. The second-order valence-corrected chi connectivity index (χ2v) is 8.99. The monoisotopic (exact) mass is 477 g/mol. The molecular weight excluding hydrogens is 438 g/mol. The van der Waals surface area contributed by atoms with Crippen LogP contribution in [0.4, 0.5) is 0 Å². The van der Waals surface area contributed by atoms with Crippen molar-refractivity contribution in [3.63, 3.8) is 0 Å². The van der Waals surface area contributed by atoms with Crippen LogP contribution in [0.5, 0.6) is 0 Å². The summed E-state index contributed by atoms with van der Waals surface area (Å²) >= 11 is 0. The zero-order chi connectivity index (χ0) is 26.4. The molecule has 1 aromatic rings. The molecule has 3 N–H and O–H groups in total. The molecule has 0 bridgehead atoms. The third-order valence-electron chi connectivity index (χ3n) is 4.71. The number of amides is 3. The fourth-order valence-electron chi connectivity index (χ4n) is 3.33. The Labute approximate surface area is 202 Å². The molecule has 1 aliphatic heterocycles. The van der Waals surface area contributed by atoms with Gasteiger partial charge in [0.2, 0.25) is 11.8 Å². The lowest BCUT2D eigenvalue weighted by atomic mass is 10.1. The van der Waals surface area contributed by atoms with Gasteiger partial charge >= 0.3 is 5.97 Å². The molecule has 190 valence electrons. The molecule has 1 fully saturated rings. The summed E-state index contributed by atoms with van der Waals surface area (Å²) in [4.78, 5) is 57.9. The molecule has 0 aromatic heterocycles. The number of nitrogens with one attached hydrogen (secondary N) is 2. The number of carbonyl (C=O) groups is 5. The Kier molecular flexibility index (Phi) is 14.1. The fourth-order valence-corrected chi connectivity index (χ4v) is 3.33. The van der Waals surface area contributed by atoms with Crippen LogP contribution >= 0.6 is 0 Å². The number of nitrogens with zero attached hydrogens (tertiary/aromatic N) is 1. The fraction of sp³-hybridized carbons (Fsp3) is 0.560. The summed E-state index contributed by atoms with van der Waals surface area (Å²) < 4.78 is 0. The standard InChI is InChI=1S/C20H27N3O5.C4H10.CH2O/c1-12-6-4-7-15(10-12)18(26)22-14(3)20(28)23-9-5-8-16(23)19(27)21-13(2)11-17(24)25;1-4(2)3;1-2/h4,6-7,10,13-14,16H,5,8-9,11H2,1-3H3,(H,21,27)(H,22,26)(H,24,25);4H,1-3H3;1H2/t13-,14?,16?;;/m1../s1. The molecule has 2 rings (SSSR count). The highest BCUT2D eigenvalue weighted by atomic mass is 16.4. The molecule has 9 heteroatoms. The van der Waals surface area contributed by atoms with Gasteiger partial charge in [-0.15, -0.1) is 0 Å². The van der Waals surface area contributed by atoms with Crippen molar-refractivity contribution < 1.29 is 29.1 Å². The first kappa shape index (κ1) is 30.8. The van der Waals surface area contributed by atoms with Gasteiger partial charge in [-0.1, -0.05) is 38.5 Å². The molecule has 0 spiro atoms. The maximum atomic E-state index is 12.8. The lowest BCUT2D eigenvalue weighted by molar-refractivity contribution is -0.141. The van der Waals surface area contributed by atoms with Crippen LogP contribution in [0.2, 0.25) is 0 Å². The number of benzene rings is 1. The predicted octanol–water partition coefficient (Wildman–Crippen LogP) is 2.56. The van der Waals surface area contributed by atoms with E-state index in [1.54, 1.807) is 32.0 Å². The van der Waals surface area contributed by atoms with Gasteiger partial charge in [-0.05, 0) is 51.7 Å². The summed E-state index contributed by atoms with van der Waals surface area (Å²) in [5, 5.41) is 14.1. The van der Waals surface area contributed by atoms with Crippen LogP contribution in [0.15, 0.2) is 24.3 Å². The van der Waals surface area contributed by atoms with Gasteiger partial charge in [0.15, 0.2) is 0 Å². The molecule has 9 nitrogen and oxygen atoms in total.